The molecule has 154 valence electrons. The number of rotatable bonds is 5. The van der Waals surface area contributed by atoms with E-state index >= 15 is 0 Å². The number of aromatic carboxylic acids is 1. The number of barbiturate groups is 1. The number of nitrogens with one attached hydrogen (secondary N) is 1. The second-order valence-corrected chi connectivity index (χ2v) is 6.86. The summed E-state index contributed by atoms with van der Waals surface area (Å²) in [5, 5.41) is 11.8. The summed E-state index contributed by atoms with van der Waals surface area (Å²) in [7, 11) is 0. The first-order valence-electron chi connectivity index (χ1n) is 8.59. The predicted octanol–water partition coefficient (Wildman–Crippen LogP) is 3.76. The summed E-state index contributed by atoms with van der Waals surface area (Å²) in [4.78, 5) is 49.6. The van der Waals surface area contributed by atoms with Gasteiger partial charge in [0.25, 0.3) is 11.8 Å². The Balaban J connectivity index is 2.03. The molecule has 1 saturated heterocycles. The Hall–Kier alpha value is -3.36. The molecule has 3 rings (SSSR count). The number of amides is 4. The molecule has 4 amide bonds. The van der Waals surface area contributed by atoms with Crippen LogP contribution in [0.5, 0.6) is 5.75 Å². The van der Waals surface area contributed by atoms with Crippen molar-refractivity contribution < 1.29 is 29.0 Å². The highest BCUT2D eigenvalue weighted by Crippen LogP contribution is 2.30. The third kappa shape index (κ3) is 4.14. The van der Waals surface area contributed by atoms with Crippen LogP contribution in [0, 0.1) is 0 Å². The van der Waals surface area contributed by atoms with Gasteiger partial charge >= 0.3 is 12.0 Å². The van der Waals surface area contributed by atoms with Gasteiger partial charge in [-0.15, -0.1) is 0 Å². The molecule has 1 fully saturated rings. The van der Waals surface area contributed by atoms with Crippen LogP contribution in [0.3, 0.4) is 0 Å². The van der Waals surface area contributed by atoms with Gasteiger partial charge in [0.1, 0.15) is 16.9 Å². The van der Waals surface area contributed by atoms with Crippen LogP contribution in [0.2, 0.25) is 10.0 Å². The van der Waals surface area contributed by atoms with E-state index in [0.29, 0.717) is 0 Å². The van der Waals surface area contributed by atoms with E-state index in [1.807, 2.05) is 0 Å². The number of carbonyl (C=O) groups is 4. The van der Waals surface area contributed by atoms with Crippen LogP contribution in [0.15, 0.2) is 42.0 Å². The highest BCUT2D eigenvalue weighted by atomic mass is 35.5. The van der Waals surface area contributed by atoms with Crippen LogP contribution in [-0.4, -0.2) is 35.5 Å². The molecule has 2 aromatic rings. The molecule has 0 saturated carbocycles. The molecule has 8 nitrogen and oxygen atoms in total. The number of ether oxygens (including phenoxy) is 1. The molecule has 30 heavy (non-hydrogen) atoms. The van der Waals surface area contributed by atoms with E-state index in [9.17, 15) is 24.3 Å². The largest absolute Gasteiger partial charge is 0.493 e. The highest BCUT2D eigenvalue weighted by Gasteiger charge is 2.37. The maximum absolute atomic E-state index is 12.9. The first-order valence-corrected chi connectivity index (χ1v) is 9.35. The number of benzene rings is 2. The van der Waals surface area contributed by atoms with Crippen molar-refractivity contribution >= 4 is 58.8 Å². The molecule has 1 heterocycles. The summed E-state index contributed by atoms with van der Waals surface area (Å²) in [6.45, 7) is 1.98. The van der Waals surface area contributed by atoms with Crippen molar-refractivity contribution in [1.82, 2.24) is 5.32 Å². The van der Waals surface area contributed by atoms with E-state index in [4.69, 9.17) is 27.9 Å². The van der Waals surface area contributed by atoms with Crippen LogP contribution in [0.4, 0.5) is 10.5 Å². The zero-order valence-corrected chi connectivity index (χ0v) is 17.0. The summed E-state index contributed by atoms with van der Waals surface area (Å²) < 4.78 is 5.27. The minimum absolute atomic E-state index is 0.114. The van der Waals surface area contributed by atoms with Crippen molar-refractivity contribution in [2.75, 3.05) is 11.5 Å². The Morgan fingerprint density at radius 1 is 1.13 bits per heavy atom. The quantitative estimate of drug-likeness (QED) is 0.531. The number of halogens is 2. The van der Waals surface area contributed by atoms with Gasteiger partial charge in [-0.1, -0.05) is 29.3 Å². The first kappa shape index (κ1) is 21.4. The van der Waals surface area contributed by atoms with E-state index in [1.165, 1.54) is 42.5 Å². The fourth-order valence-corrected chi connectivity index (χ4v) is 3.06. The van der Waals surface area contributed by atoms with Crippen LogP contribution in [0.1, 0.15) is 22.8 Å². The molecule has 0 atom stereocenters. The van der Waals surface area contributed by atoms with Gasteiger partial charge in [-0.25, -0.2) is 14.5 Å². The number of nitrogens with zero attached hydrogens (tertiary/aromatic N) is 1. The third-order valence-electron chi connectivity index (χ3n) is 4.11. The monoisotopic (exact) mass is 448 g/mol. The standard InChI is InChI=1S/C20H14Cl2N2O6/c1-2-30-16-6-3-10(7-12(16)19(27)28)8-13-17(25)23-20(29)24(18(13)26)11-4-5-14(21)15(22)9-11/h3-9H,2H2,1H3,(H,27,28)(H,23,25,29). The summed E-state index contributed by atoms with van der Waals surface area (Å²) in [6.07, 6.45) is 1.19. The summed E-state index contributed by atoms with van der Waals surface area (Å²) >= 11 is 11.8. The molecular weight excluding hydrogens is 435 g/mol. The maximum atomic E-state index is 12.9. The number of urea groups is 1. The Bertz CT molecular complexity index is 1110. The number of carboxylic acid groups (broad SMARTS) is 1. The van der Waals surface area contributed by atoms with Gasteiger partial charge in [0.2, 0.25) is 0 Å². The maximum Gasteiger partial charge on any atom is 0.339 e. The average molecular weight is 449 g/mol. The lowest BCUT2D eigenvalue weighted by Crippen LogP contribution is -2.54. The van der Waals surface area contributed by atoms with Gasteiger partial charge in [-0.3, -0.25) is 14.9 Å². The number of carbonyl (C=O) groups excluding carboxylic acids is 3. The lowest BCUT2D eigenvalue weighted by Gasteiger charge is -2.26. The van der Waals surface area contributed by atoms with Crippen LogP contribution in [0.25, 0.3) is 6.08 Å². The minimum atomic E-state index is -1.23. The fourth-order valence-electron chi connectivity index (χ4n) is 2.77. The van der Waals surface area contributed by atoms with Crippen molar-refractivity contribution in [2.24, 2.45) is 0 Å². The van der Waals surface area contributed by atoms with Gasteiger partial charge in [0.05, 0.1) is 22.3 Å². The first-order chi connectivity index (χ1) is 14.2. The van der Waals surface area contributed by atoms with Crippen molar-refractivity contribution in [3.63, 3.8) is 0 Å². The Morgan fingerprint density at radius 3 is 2.50 bits per heavy atom. The van der Waals surface area contributed by atoms with Gasteiger partial charge in [-0.2, -0.15) is 0 Å². The molecule has 0 spiro atoms. The zero-order chi connectivity index (χ0) is 22.0. The molecule has 0 unspecified atom stereocenters. The van der Waals surface area contributed by atoms with Crippen LogP contribution >= 0.6 is 23.2 Å². The number of imide groups is 2. The lowest BCUT2D eigenvalue weighted by molar-refractivity contribution is -0.122. The molecule has 0 aromatic heterocycles. The number of hydrogen-bond acceptors (Lipinski definition) is 5. The van der Waals surface area contributed by atoms with Gasteiger partial charge in [0, 0.05) is 0 Å². The smallest absolute Gasteiger partial charge is 0.339 e. The molecule has 2 N–H and O–H groups in total. The van der Waals surface area contributed by atoms with Gasteiger partial charge < -0.3 is 9.84 Å². The molecule has 1 aliphatic heterocycles. The van der Waals surface area contributed by atoms with E-state index in [1.54, 1.807) is 6.92 Å². The topological polar surface area (TPSA) is 113 Å². The second-order valence-electron chi connectivity index (χ2n) is 6.05. The summed E-state index contributed by atoms with van der Waals surface area (Å²) in [5.74, 6) is -2.88. The second kappa shape index (κ2) is 8.56. The minimum Gasteiger partial charge on any atom is -0.493 e. The van der Waals surface area contributed by atoms with Crippen molar-refractivity contribution in [3.8, 4) is 5.75 Å². The van der Waals surface area contributed by atoms with Crippen molar-refractivity contribution in [3.05, 3.63) is 63.1 Å². The normalized spacial score (nSPS) is 15.4. The number of hydrogen-bond donors (Lipinski definition) is 2. The van der Waals surface area contributed by atoms with Gasteiger partial charge in [0.15, 0.2) is 0 Å². The van der Waals surface area contributed by atoms with Crippen LogP contribution < -0.4 is 15.0 Å². The van der Waals surface area contributed by atoms with Crippen molar-refractivity contribution in [2.45, 2.75) is 6.92 Å². The summed E-state index contributed by atoms with van der Waals surface area (Å²) in [5.41, 5.74) is -0.116. The molecule has 0 aliphatic carbocycles. The highest BCUT2D eigenvalue weighted by molar-refractivity contribution is 6.43. The van der Waals surface area contributed by atoms with E-state index < -0.39 is 23.8 Å². The van der Waals surface area contributed by atoms with Gasteiger partial charge in [-0.05, 0) is 48.9 Å². The van der Waals surface area contributed by atoms with E-state index in [0.717, 1.165) is 4.90 Å². The molecular formula is C20H14Cl2N2O6. The zero-order valence-electron chi connectivity index (χ0n) is 15.4. The molecule has 0 radical (unpaired) electrons. The fraction of sp³-hybridized carbons (Fsp3) is 0.100. The SMILES string of the molecule is CCOc1ccc(C=C2C(=O)NC(=O)N(c3ccc(Cl)c(Cl)c3)C2=O)cc1C(=O)O. The molecule has 1 aliphatic rings. The average Bonchev–Trinajstić information content (AvgIpc) is 2.68. The van der Waals surface area contributed by atoms with E-state index in [-0.39, 0.29) is 44.8 Å². The number of carboxylic acids is 1. The third-order valence-corrected chi connectivity index (χ3v) is 4.85. The summed E-state index contributed by atoms with van der Waals surface area (Å²) in [6, 6.07) is 7.36. The van der Waals surface area contributed by atoms with E-state index in [2.05, 4.69) is 5.32 Å². The number of anilines is 1. The molecule has 2 aromatic carbocycles. The van der Waals surface area contributed by atoms with Crippen LogP contribution in [-0.2, 0) is 9.59 Å². The lowest BCUT2D eigenvalue weighted by atomic mass is 10.0. The Kier molecular flexibility index (Phi) is 6.09. The Morgan fingerprint density at radius 2 is 1.87 bits per heavy atom. The van der Waals surface area contributed by atoms with Crippen molar-refractivity contribution in [1.29, 1.82) is 0 Å². The molecule has 0 bridgehead atoms. The molecule has 10 heteroatoms. The predicted molar refractivity (Wildman–Crippen MR) is 110 cm³/mol. The Labute approximate surface area is 180 Å².